The second kappa shape index (κ2) is 5.32. The second-order valence-corrected chi connectivity index (χ2v) is 5.45. The van der Waals surface area contributed by atoms with E-state index in [9.17, 15) is 9.18 Å². The fourth-order valence-corrected chi connectivity index (χ4v) is 3.10. The maximum Gasteiger partial charge on any atom is 0.317 e. The topological polar surface area (TPSA) is 52.9 Å². The third kappa shape index (κ3) is 2.58. The van der Waals surface area contributed by atoms with Gasteiger partial charge in [0.25, 0.3) is 0 Å². The molecule has 1 saturated heterocycles. The molecule has 0 radical (unpaired) electrons. The van der Waals surface area contributed by atoms with E-state index in [1.54, 1.807) is 6.07 Å². The summed E-state index contributed by atoms with van der Waals surface area (Å²) in [6.07, 6.45) is 1.84. The normalized spacial score (nSPS) is 19.8. The van der Waals surface area contributed by atoms with Gasteiger partial charge in [-0.25, -0.2) is 4.39 Å². The average Bonchev–Trinajstić information content (AvgIpc) is 2.82. The summed E-state index contributed by atoms with van der Waals surface area (Å²) in [6, 6.07) is 4.87. The maximum atomic E-state index is 13.2. The summed E-state index contributed by atoms with van der Waals surface area (Å²) in [7, 11) is 0. The zero-order valence-electron chi connectivity index (χ0n) is 11.2. The van der Waals surface area contributed by atoms with E-state index in [4.69, 9.17) is 5.11 Å². The number of hydrogen-bond donors (Lipinski definition) is 1. The highest BCUT2D eigenvalue weighted by Crippen LogP contribution is 2.29. The Kier molecular flexibility index (Phi) is 3.53. The smallest absolute Gasteiger partial charge is 0.317 e. The molecule has 2 aliphatic rings. The number of carboxylic acid groups (broad SMARTS) is 1. The Balaban J connectivity index is 1.67. The lowest BCUT2D eigenvalue weighted by Crippen LogP contribution is -2.39. The van der Waals surface area contributed by atoms with Crippen molar-refractivity contribution < 1.29 is 14.3 Å². The SMILES string of the molecule is O=C(O)CN1CCC(C2=NCc3cc(F)ccc32)CC1. The number of nitrogens with zero attached hydrogens (tertiary/aromatic N) is 2. The monoisotopic (exact) mass is 276 g/mol. The van der Waals surface area contributed by atoms with Crippen LogP contribution in [0.15, 0.2) is 23.2 Å². The van der Waals surface area contributed by atoms with Crippen molar-refractivity contribution in [3.8, 4) is 0 Å². The fourth-order valence-electron chi connectivity index (χ4n) is 3.10. The Labute approximate surface area is 116 Å². The minimum absolute atomic E-state index is 0.112. The van der Waals surface area contributed by atoms with Crippen molar-refractivity contribution in [2.24, 2.45) is 10.9 Å². The summed E-state index contributed by atoms with van der Waals surface area (Å²) in [5, 5.41) is 8.80. The molecule has 0 unspecified atom stereocenters. The van der Waals surface area contributed by atoms with Gasteiger partial charge in [0.2, 0.25) is 0 Å². The number of carboxylic acids is 1. The van der Waals surface area contributed by atoms with E-state index >= 15 is 0 Å². The molecule has 0 atom stereocenters. The van der Waals surface area contributed by atoms with Gasteiger partial charge in [0, 0.05) is 17.2 Å². The Hall–Kier alpha value is -1.75. The van der Waals surface area contributed by atoms with Gasteiger partial charge in [0.15, 0.2) is 0 Å². The summed E-state index contributed by atoms with van der Waals surface area (Å²) >= 11 is 0. The third-order valence-electron chi connectivity index (χ3n) is 4.10. The van der Waals surface area contributed by atoms with Crippen molar-refractivity contribution in [3.05, 3.63) is 35.1 Å². The predicted molar refractivity (Wildman–Crippen MR) is 73.4 cm³/mol. The molecule has 1 aromatic carbocycles. The molecule has 0 spiro atoms. The van der Waals surface area contributed by atoms with Crippen molar-refractivity contribution >= 4 is 11.7 Å². The largest absolute Gasteiger partial charge is 0.480 e. The van der Waals surface area contributed by atoms with E-state index < -0.39 is 5.97 Å². The van der Waals surface area contributed by atoms with Gasteiger partial charge in [-0.2, -0.15) is 0 Å². The van der Waals surface area contributed by atoms with Crippen molar-refractivity contribution in [1.29, 1.82) is 0 Å². The summed E-state index contributed by atoms with van der Waals surface area (Å²) in [5.74, 6) is -0.620. The van der Waals surface area contributed by atoms with Crippen LogP contribution in [0.5, 0.6) is 0 Å². The van der Waals surface area contributed by atoms with E-state index in [1.807, 2.05) is 11.0 Å². The number of aliphatic imine (C=N–C) groups is 1. The summed E-state index contributed by atoms with van der Waals surface area (Å²) < 4.78 is 13.2. The van der Waals surface area contributed by atoms with Crippen LogP contribution in [0.3, 0.4) is 0 Å². The summed E-state index contributed by atoms with van der Waals surface area (Å²) in [4.78, 5) is 17.2. The quantitative estimate of drug-likeness (QED) is 0.917. The van der Waals surface area contributed by atoms with Crippen LogP contribution in [0.1, 0.15) is 24.0 Å². The molecule has 3 rings (SSSR count). The number of benzene rings is 1. The van der Waals surface area contributed by atoms with Crippen LogP contribution in [0.2, 0.25) is 0 Å². The first-order chi connectivity index (χ1) is 9.63. The van der Waals surface area contributed by atoms with Crippen molar-refractivity contribution in [2.75, 3.05) is 19.6 Å². The molecule has 0 aromatic heterocycles. The standard InChI is InChI=1S/C15H17FN2O2/c16-12-1-2-13-11(7-12)8-17-15(13)10-3-5-18(6-4-10)9-14(19)20/h1-2,7,10H,3-6,8-9H2,(H,19,20). The Morgan fingerprint density at radius 3 is 2.85 bits per heavy atom. The molecule has 20 heavy (non-hydrogen) atoms. The molecule has 0 bridgehead atoms. The first-order valence-corrected chi connectivity index (χ1v) is 6.91. The third-order valence-corrected chi connectivity index (χ3v) is 4.10. The molecule has 5 heteroatoms. The van der Waals surface area contributed by atoms with E-state index in [0.717, 1.165) is 42.8 Å². The van der Waals surface area contributed by atoms with E-state index in [0.29, 0.717) is 12.5 Å². The van der Waals surface area contributed by atoms with E-state index in [1.165, 1.54) is 6.07 Å². The van der Waals surface area contributed by atoms with Crippen LogP contribution in [0.25, 0.3) is 0 Å². The Bertz CT molecular complexity index is 563. The molecule has 106 valence electrons. The highest BCUT2D eigenvalue weighted by molar-refractivity contribution is 6.05. The minimum Gasteiger partial charge on any atom is -0.480 e. The van der Waals surface area contributed by atoms with Gasteiger partial charge in [-0.3, -0.25) is 14.7 Å². The molecule has 1 fully saturated rings. The first kappa shape index (κ1) is 13.2. The number of fused-ring (bicyclic) bond motifs is 1. The van der Waals surface area contributed by atoms with Crippen molar-refractivity contribution in [1.82, 2.24) is 4.90 Å². The number of aliphatic carboxylic acids is 1. The van der Waals surface area contributed by atoms with E-state index in [2.05, 4.69) is 4.99 Å². The van der Waals surface area contributed by atoms with Gasteiger partial charge in [0.05, 0.1) is 13.1 Å². The lowest BCUT2D eigenvalue weighted by atomic mass is 9.87. The van der Waals surface area contributed by atoms with Crippen molar-refractivity contribution in [2.45, 2.75) is 19.4 Å². The molecule has 0 saturated carbocycles. The average molecular weight is 276 g/mol. The van der Waals surface area contributed by atoms with Gasteiger partial charge in [-0.05, 0) is 49.7 Å². The maximum absolute atomic E-state index is 13.2. The van der Waals surface area contributed by atoms with Crippen LogP contribution in [0, 0.1) is 11.7 Å². The molecule has 2 aliphatic heterocycles. The van der Waals surface area contributed by atoms with Gasteiger partial charge >= 0.3 is 5.97 Å². The lowest BCUT2D eigenvalue weighted by molar-refractivity contribution is -0.138. The van der Waals surface area contributed by atoms with Crippen LogP contribution in [-0.4, -0.2) is 41.3 Å². The number of likely N-dealkylation sites (tertiary alicyclic amines) is 1. The van der Waals surface area contributed by atoms with E-state index in [-0.39, 0.29) is 12.4 Å². The summed E-state index contributed by atoms with van der Waals surface area (Å²) in [5.41, 5.74) is 3.12. The minimum atomic E-state index is -0.775. The number of carbonyl (C=O) groups is 1. The lowest BCUT2D eigenvalue weighted by Gasteiger charge is -2.31. The van der Waals surface area contributed by atoms with Gasteiger partial charge < -0.3 is 5.11 Å². The molecule has 0 amide bonds. The highest BCUT2D eigenvalue weighted by atomic mass is 19.1. The molecule has 1 aromatic rings. The summed E-state index contributed by atoms with van der Waals surface area (Å²) in [6.45, 7) is 2.25. The van der Waals surface area contributed by atoms with Crippen LogP contribution in [-0.2, 0) is 11.3 Å². The van der Waals surface area contributed by atoms with Crippen LogP contribution >= 0.6 is 0 Å². The van der Waals surface area contributed by atoms with Gasteiger partial charge in [-0.1, -0.05) is 0 Å². The molecular weight excluding hydrogens is 259 g/mol. The zero-order chi connectivity index (χ0) is 14.1. The van der Waals surface area contributed by atoms with Crippen LogP contribution in [0.4, 0.5) is 4.39 Å². The molecule has 4 nitrogen and oxygen atoms in total. The molecule has 0 aliphatic carbocycles. The second-order valence-electron chi connectivity index (χ2n) is 5.45. The molecular formula is C15H17FN2O2. The fraction of sp³-hybridized carbons (Fsp3) is 0.467. The Morgan fingerprint density at radius 2 is 2.15 bits per heavy atom. The highest BCUT2D eigenvalue weighted by Gasteiger charge is 2.28. The number of halogens is 1. The first-order valence-electron chi connectivity index (χ1n) is 6.91. The number of hydrogen-bond acceptors (Lipinski definition) is 3. The van der Waals surface area contributed by atoms with Gasteiger partial charge in [0.1, 0.15) is 5.82 Å². The number of piperidine rings is 1. The van der Waals surface area contributed by atoms with Gasteiger partial charge in [-0.15, -0.1) is 0 Å². The van der Waals surface area contributed by atoms with Crippen molar-refractivity contribution in [3.63, 3.8) is 0 Å². The molecule has 2 heterocycles. The molecule has 1 N–H and O–H groups in total. The number of rotatable bonds is 3. The Morgan fingerprint density at radius 1 is 1.40 bits per heavy atom. The zero-order valence-corrected chi connectivity index (χ0v) is 11.2. The predicted octanol–water partition coefficient (Wildman–Crippen LogP) is 1.92. The van der Waals surface area contributed by atoms with Crippen LogP contribution < -0.4 is 0 Å².